The van der Waals surface area contributed by atoms with Crippen molar-refractivity contribution in [2.75, 3.05) is 12.4 Å². The molecule has 2 atom stereocenters. The molecule has 2 aromatic heterocycles. The molecule has 9 nitrogen and oxygen atoms in total. The number of fused-ring (bicyclic) bond motifs is 4. The highest BCUT2D eigenvalue weighted by molar-refractivity contribution is 6.30. The van der Waals surface area contributed by atoms with E-state index in [2.05, 4.69) is 20.7 Å². The van der Waals surface area contributed by atoms with E-state index in [0.29, 0.717) is 53.0 Å². The van der Waals surface area contributed by atoms with Crippen molar-refractivity contribution < 1.29 is 23.5 Å². The fraction of sp³-hybridized carbons (Fsp3) is 0.258. The Morgan fingerprint density at radius 2 is 1.98 bits per heavy atom. The van der Waals surface area contributed by atoms with Crippen LogP contribution in [0.4, 0.5) is 10.1 Å². The molecular weight excluding hydrogens is 561 g/mol. The Morgan fingerprint density at radius 3 is 2.76 bits per heavy atom. The smallest absolute Gasteiger partial charge is 0.337 e. The largest absolute Gasteiger partial charge is 0.465 e. The van der Waals surface area contributed by atoms with Gasteiger partial charge in [0.05, 0.1) is 46.9 Å². The summed E-state index contributed by atoms with van der Waals surface area (Å²) in [4.78, 5) is 43.4. The van der Waals surface area contributed by atoms with E-state index in [1.54, 1.807) is 43.5 Å². The minimum atomic E-state index is -0.633. The number of nitrogens with one attached hydrogen (secondary N) is 2. The number of aromatic nitrogens is 3. The molecule has 2 aromatic carbocycles. The molecule has 0 saturated heterocycles. The van der Waals surface area contributed by atoms with E-state index >= 15 is 0 Å². The first-order chi connectivity index (χ1) is 20.2. The van der Waals surface area contributed by atoms with E-state index in [1.165, 1.54) is 30.1 Å². The van der Waals surface area contributed by atoms with E-state index in [0.717, 1.165) is 0 Å². The van der Waals surface area contributed by atoms with Crippen LogP contribution in [0, 0.1) is 18.7 Å². The molecule has 0 fully saturated rings. The lowest BCUT2D eigenvalue weighted by Gasteiger charge is -2.22. The molecule has 0 unspecified atom stereocenters. The zero-order chi connectivity index (χ0) is 30.0. The summed E-state index contributed by atoms with van der Waals surface area (Å²) in [6.07, 6.45) is 4.76. The number of nitrogens with zero attached hydrogens (tertiary/aromatic N) is 3. The Labute approximate surface area is 247 Å². The number of ether oxygens (including phenoxy) is 1. The molecule has 2 bridgehead atoms. The predicted octanol–water partition coefficient (Wildman–Crippen LogP) is 6.05. The second-order valence-electron chi connectivity index (χ2n) is 10.2. The van der Waals surface area contributed by atoms with Crippen LogP contribution in [-0.4, -0.2) is 39.7 Å². The molecule has 0 aliphatic carbocycles. The second-order valence-corrected chi connectivity index (χ2v) is 10.6. The van der Waals surface area contributed by atoms with Gasteiger partial charge in [-0.15, -0.1) is 0 Å². The van der Waals surface area contributed by atoms with E-state index < -0.39 is 23.7 Å². The van der Waals surface area contributed by atoms with Gasteiger partial charge in [0.2, 0.25) is 5.91 Å². The first-order valence-corrected chi connectivity index (χ1v) is 13.8. The van der Waals surface area contributed by atoms with E-state index in [-0.39, 0.29) is 28.1 Å². The lowest BCUT2D eigenvalue weighted by molar-refractivity contribution is -0.119. The third kappa shape index (κ3) is 5.75. The molecular formula is C31H29ClFN5O4. The van der Waals surface area contributed by atoms with Crippen LogP contribution < -0.4 is 10.6 Å². The number of hydrogen-bond donors (Lipinski definition) is 2. The number of benzene rings is 2. The molecule has 1 aliphatic rings. The van der Waals surface area contributed by atoms with Gasteiger partial charge < -0.3 is 15.4 Å². The van der Waals surface area contributed by atoms with Crippen molar-refractivity contribution in [3.8, 4) is 16.8 Å². The molecule has 5 rings (SSSR count). The molecule has 1 aliphatic heterocycles. The monoisotopic (exact) mass is 589 g/mol. The highest BCUT2D eigenvalue weighted by atomic mass is 35.5. The number of methoxy groups -OCH3 is 1. The van der Waals surface area contributed by atoms with Crippen molar-refractivity contribution in [3.63, 3.8) is 0 Å². The van der Waals surface area contributed by atoms with Gasteiger partial charge in [0.25, 0.3) is 5.91 Å². The molecule has 216 valence electrons. The minimum Gasteiger partial charge on any atom is -0.465 e. The van der Waals surface area contributed by atoms with Gasteiger partial charge in [0.15, 0.2) is 5.82 Å². The number of anilines is 1. The maximum Gasteiger partial charge on any atom is 0.337 e. The Balaban J connectivity index is 1.51. The summed E-state index contributed by atoms with van der Waals surface area (Å²) < 4.78 is 20.9. The highest BCUT2D eigenvalue weighted by Crippen LogP contribution is 2.33. The summed E-state index contributed by atoms with van der Waals surface area (Å²) in [6.45, 7) is 3.53. The Bertz CT molecular complexity index is 1690. The lowest BCUT2D eigenvalue weighted by Crippen LogP contribution is -2.30. The maximum atomic E-state index is 14.7. The fourth-order valence-corrected chi connectivity index (χ4v) is 5.19. The van der Waals surface area contributed by atoms with Gasteiger partial charge in [0.1, 0.15) is 5.69 Å². The number of carbonyl (C=O) groups excluding carboxylic acids is 3. The summed E-state index contributed by atoms with van der Waals surface area (Å²) in [7, 11) is 1.31. The molecule has 11 heteroatoms. The van der Waals surface area contributed by atoms with Gasteiger partial charge in [-0.2, -0.15) is 5.10 Å². The number of rotatable bonds is 4. The van der Waals surface area contributed by atoms with E-state index in [1.807, 2.05) is 13.0 Å². The van der Waals surface area contributed by atoms with Crippen LogP contribution in [0.25, 0.3) is 16.8 Å². The maximum absolute atomic E-state index is 14.7. The standard InChI is InChI=1S/C31H29ClFN5O4/c1-17-6-4-8-25(37-30(40)22-16-35-38(18(22)2)27-9-5-7-23(32)28(27)33)26-15-19(12-13-34-26)21-14-20(31(41)42-3)10-11-24(21)36-29(17)39/h5,7,9-17,25H,4,6,8H2,1-3H3,(H,36,39)(H,37,40)/t17-,25+/m1/s1. The number of halogens is 2. The van der Waals surface area contributed by atoms with Gasteiger partial charge >= 0.3 is 5.97 Å². The number of amides is 2. The van der Waals surface area contributed by atoms with Gasteiger partial charge in [-0.25, -0.2) is 13.9 Å². The van der Waals surface area contributed by atoms with E-state index in [9.17, 15) is 18.8 Å². The van der Waals surface area contributed by atoms with Crippen molar-refractivity contribution >= 4 is 35.1 Å². The fourth-order valence-electron chi connectivity index (χ4n) is 5.02. The average molecular weight is 590 g/mol. The predicted molar refractivity (Wildman–Crippen MR) is 156 cm³/mol. The molecule has 0 radical (unpaired) electrons. The Kier molecular flexibility index (Phi) is 8.35. The zero-order valence-electron chi connectivity index (χ0n) is 23.3. The SMILES string of the molecule is COC(=O)c1ccc2c(c1)-c1ccnc(c1)[C@@H](NC(=O)c1cnn(-c3cccc(Cl)c3F)c1C)CCC[C@@H](C)C(=O)N2. The van der Waals surface area contributed by atoms with Gasteiger partial charge in [-0.05, 0) is 67.8 Å². The van der Waals surface area contributed by atoms with Gasteiger partial charge in [-0.3, -0.25) is 14.6 Å². The van der Waals surface area contributed by atoms with Crippen molar-refractivity contribution in [3.05, 3.63) is 94.3 Å². The number of esters is 1. The number of hydrogen-bond acceptors (Lipinski definition) is 6. The molecule has 4 aromatic rings. The molecule has 2 amide bonds. The first-order valence-electron chi connectivity index (χ1n) is 13.5. The zero-order valence-corrected chi connectivity index (χ0v) is 24.0. The molecule has 0 saturated carbocycles. The van der Waals surface area contributed by atoms with Crippen molar-refractivity contribution in [1.82, 2.24) is 20.1 Å². The topological polar surface area (TPSA) is 115 Å². The summed E-state index contributed by atoms with van der Waals surface area (Å²) in [5.74, 6) is -1.98. The normalized spacial score (nSPS) is 16.8. The van der Waals surface area contributed by atoms with Gasteiger partial charge in [0, 0.05) is 23.4 Å². The van der Waals surface area contributed by atoms with Crippen LogP contribution in [0.3, 0.4) is 0 Å². The third-order valence-electron chi connectivity index (χ3n) is 7.44. The van der Waals surface area contributed by atoms with Crippen molar-refractivity contribution in [2.24, 2.45) is 5.92 Å². The minimum absolute atomic E-state index is 0.0456. The van der Waals surface area contributed by atoms with Crippen LogP contribution in [0.2, 0.25) is 5.02 Å². The third-order valence-corrected chi connectivity index (χ3v) is 7.74. The van der Waals surface area contributed by atoms with Crippen molar-refractivity contribution in [1.29, 1.82) is 0 Å². The molecule has 42 heavy (non-hydrogen) atoms. The molecule has 2 N–H and O–H groups in total. The number of carbonyl (C=O) groups is 3. The average Bonchev–Trinajstić information content (AvgIpc) is 3.38. The van der Waals surface area contributed by atoms with Gasteiger partial charge in [-0.1, -0.05) is 31.0 Å². The summed E-state index contributed by atoms with van der Waals surface area (Å²) in [6, 6.07) is 12.6. The summed E-state index contributed by atoms with van der Waals surface area (Å²) >= 11 is 5.95. The second kappa shape index (κ2) is 12.1. The number of pyridine rings is 1. The quantitative estimate of drug-likeness (QED) is 0.280. The van der Waals surface area contributed by atoms with Crippen LogP contribution in [0.15, 0.2) is 60.9 Å². The molecule has 0 spiro atoms. The Hall–Kier alpha value is -4.57. The van der Waals surface area contributed by atoms with Crippen LogP contribution in [-0.2, 0) is 9.53 Å². The summed E-state index contributed by atoms with van der Waals surface area (Å²) in [5, 5.41) is 10.3. The highest BCUT2D eigenvalue weighted by Gasteiger charge is 2.25. The van der Waals surface area contributed by atoms with Crippen molar-refractivity contribution in [2.45, 2.75) is 39.2 Å². The summed E-state index contributed by atoms with van der Waals surface area (Å²) in [5.41, 5.74) is 3.67. The molecule has 3 heterocycles. The van der Waals surface area contributed by atoms with Crippen LogP contribution >= 0.6 is 11.6 Å². The lowest BCUT2D eigenvalue weighted by atomic mass is 9.94. The Morgan fingerprint density at radius 1 is 1.17 bits per heavy atom. The van der Waals surface area contributed by atoms with Crippen LogP contribution in [0.1, 0.15) is 64.3 Å². The van der Waals surface area contributed by atoms with Crippen LogP contribution in [0.5, 0.6) is 0 Å². The van der Waals surface area contributed by atoms with E-state index in [4.69, 9.17) is 16.3 Å². The first kappa shape index (κ1) is 28.9.